The van der Waals surface area contributed by atoms with Gasteiger partial charge in [0.05, 0.1) is 0 Å². The third-order valence-electron chi connectivity index (χ3n) is 6.18. The van der Waals surface area contributed by atoms with E-state index >= 15 is 0 Å². The molecular weight excluding hydrogens is 512 g/mol. The van der Waals surface area contributed by atoms with Crippen LogP contribution in [0.3, 0.4) is 0 Å². The van der Waals surface area contributed by atoms with Crippen molar-refractivity contribution in [1.82, 2.24) is 20.5 Å². The number of hydrogen-bond donors (Lipinski definition) is 6. The lowest BCUT2D eigenvalue weighted by Gasteiger charge is -2.26. The normalized spacial score (nSPS) is 12.4. The van der Waals surface area contributed by atoms with E-state index in [1.165, 1.54) is 0 Å². The summed E-state index contributed by atoms with van der Waals surface area (Å²) in [5.74, 6) is -3.87. The van der Waals surface area contributed by atoms with Crippen molar-refractivity contribution < 1.29 is 39.6 Å². The standard InChI is InChI=1S/C25H48N6O8/c1-3-4-6-11-20(18-21(27)33)25(36)30(38)17-10-7-12-22(31(39)19(2)32)28-23(34)13-14-24(35)29(37)16-9-5-8-15-26/h20,22,37-39H,3-18,26H2,1-2H3,(H2,27,33)(H,28,34). The minimum Gasteiger partial charge on any atom is -0.370 e. The smallest absolute Gasteiger partial charge is 0.249 e. The third-order valence-corrected chi connectivity index (χ3v) is 6.18. The summed E-state index contributed by atoms with van der Waals surface area (Å²) in [7, 11) is 0. The first kappa shape index (κ1) is 36.2. The van der Waals surface area contributed by atoms with Crippen molar-refractivity contribution in [2.75, 3.05) is 19.6 Å². The van der Waals surface area contributed by atoms with E-state index in [9.17, 15) is 39.6 Å². The fraction of sp³-hybridized carbons (Fsp3) is 0.800. The average Bonchev–Trinajstić information content (AvgIpc) is 2.89. The maximum atomic E-state index is 12.6. The van der Waals surface area contributed by atoms with E-state index in [-0.39, 0.29) is 45.2 Å². The van der Waals surface area contributed by atoms with Gasteiger partial charge in [-0.25, -0.2) is 15.2 Å². The fourth-order valence-corrected chi connectivity index (χ4v) is 3.91. The molecular formula is C25H48N6O8. The predicted octanol–water partition coefficient (Wildman–Crippen LogP) is 1.25. The van der Waals surface area contributed by atoms with Crippen LogP contribution in [-0.2, 0) is 24.0 Å². The van der Waals surface area contributed by atoms with Gasteiger partial charge >= 0.3 is 0 Å². The Kier molecular flexibility index (Phi) is 19.5. The molecule has 0 rings (SSSR count). The maximum absolute atomic E-state index is 12.6. The van der Waals surface area contributed by atoms with E-state index in [1.54, 1.807) is 0 Å². The number of hydrogen-bond acceptors (Lipinski definition) is 9. The van der Waals surface area contributed by atoms with Crippen LogP contribution in [-0.4, -0.2) is 86.1 Å². The fourth-order valence-electron chi connectivity index (χ4n) is 3.91. The minimum absolute atomic E-state index is 0.0554. The molecule has 5 amide bonds. The molecule has 0 aromatic heterocycles. The second-order valence-electron chi connectivity index (χ2n) is 9.63. The van der Waals surface area contributed by atoms with E-state index in [2.05, 4.69) is 5.32 Å². The molecule has 0 saturated carbocycles. The van der Waals surface area contributed by atoms with E-state index in [4.69, 9.17) is 11.5 Å². The molecule has 0 aliphatic rings. The largest absolute Gasteiger partial charge is 0.370 e. The van der Waals surface area contributed by atoms with Gasteiger partial charge in [-0.3, -0.25) is 39.6 Å². The van der Waals surface area contributed by atoms with Crippen LogP contribution >= 0.6 is 0 Å². The highest BCUT2D eigenvalue weighted by molar-refractivity contribution is 5.84. The summed E-state index contributed by atoms with van der Waals surface area (Å²) in [6.07, 6.45) is 4.01. The number of carbonyl (C=O) groups is 5. The number of rotatable bonds is 22. The first-order valence-corrected chi connectivity index (χ1v) is 13.7. The van der Waals surface area contributed by atoms with Gasteiger partial charge in [-0.1, -0.05) is 32.6 Å². The van der Waals surface area contributed by atoms with Gasteiger partial charge in [-0.05, 0) is 45.1 Å². The van der Waals surface area contributed by atoms with Gasteiger partial charge in [0.15, 0.2) is 0 Å². The molecule has 2 unspecified atom stereocenters. The molecule has 0 heterocycles. The molecule has 0 bridgehead atoms. The molecule has 0 saturated heterocycles. The monoisotopic (exact) mass is 560 g/mol. The Labute approximate surface area is 230 Å². The Bertz CT molecular complexity index is 769. The zero-order chi connectivity index (χ0) is 29.8. The van der Waals surface area contributed by atoms with E-state index in [0.717, 1.165) is 39.0 Å². The van der Waals surface area contributed by atoms with Gasteiger partial charge in [0.1, 0.15) is 6.17 Å². The zero-order valence-electron chi connectivity index (χ0n) is 23.3. The molecule has 8 N–H and O–H groups in total. The number of primary amides is 1. The van der Waals surface area contributed by atoms with E-state index in [1.807, 2.05) is 6.92 Å². The van der Waals surface area contributed by atoms with Crippen molar-refractivity contribution in [3.8, 4) is 0 Å². The first-order valence-electron chi connectivity index (χ1n) is 13.7. The predicted molar refractivity (Wildman–Crippen MR) is 141 cm³/mol. The highest BCUT2D eigenvalue weighted by Crippen LogP contribution is 2.17. The number of nitrogens with zero attached hydrogens (tertiary/aromatic N) is 3. The van der Waals surface area contributed by atoms with Crippen LogP contribution in [0.25, 0.3) is 0 Å². The molecule has 0 aromatic rings. The van der Waals surface area contributed by atoms with Gasteiger partial charge < -0.3 is 16.8 Å². The summed E-state index contributed by atoms with van der Waals surface area (Å²) >= 11 is 0. The summed E-state index contributed by atoms with van der Waals surface area (Å²) in [5.41, 5.74) is 10.6. The summed E-state index contributed by atoms with van der Waals surface area (Å²) in [5, 5.41) is 34.0. The number of nitrogens with one attached hydrogen (secondary N) is 1. The van der Waals surface area contributed by atoms with Crippen LogP contribution < -0.4 is 16.8 Å². The topological polar surface area (TPSA) is 220 Å². The molecule has 14 nitrogen and oxygen atoms in total. The van der Waals surface area contributed by atoms with Crippen LogP contribution in [0.5, 0.6) is 0 Å². The molecule has 0 aliphatic heterocycles. The van der Waals surface area contributed by atoms with Crippen molar-refractivity contribution in [2.24, 2.45) is 17.4 Å². The quantitative estimate of drug-likeness (QED) is 0.0485. The van der Waals surface area contributed by atoms with Crippen molar-refractivity contribution in [3.05, 3.63) is 0 Å². The number of unbranched alkanes of at least 4 members (excludes halogenated alkanes) is 5. The summed E-state index contributed by atoms with van der Waals surface area (Å²) in [6.45, 7) is 3.72. The molecule has 0 fully saturated rings. The van der Waals surface area contributed by atoms with Gasteiger partial charge in [0.2, 0.25) is 29.5 Å². The molecule has 0 radical (unpaired) electrons. The number of hydroxylamine groups is 6. The Morgan fingerprint density at radius 2 is 1.44 bits per heavy atom. The molecule has 14 heteroatoms. The van der Waals surface area contributed by atoms with E-state index in [0.29, 0.717) is 41.0 Å². The highest BCUT2D eigenvalue weighted by Gasteiger charge is 2.26. The van der Waals surface area contributed by atoms with Crippen molar-refractivity contribution in [3.63, 3.8) is 0 Å². The zero-order valence-corrected chi connectivity index (χ0v) is 23.3. The van der Waals surface area contributed by atoms with Crippen LogP contribution in [0, 0.1) is 5.92 Å². The summed E-state index contributed by atoms with van der Waals surface area (Å²) in [6, 6.07) is 0. The van der Waals surface area contributed by atoms with Gasteiger partial charge in [0.25, 0.3) is 0 Å². The summed E-state index contributed by atoms with van der Waals surface area (Å²) in [4.78, 5) is 59.9. The Morgan fingerprint density at radius 3 is 2.03 bits per heavy atom. The Balaban J connectivity index is 4.73. The van der Waals surface area contributed by atoms with Gasteiger partial charge in [0, 0.05) is 45.2 Å². The second-order valence-corrected chi connectivity index (χ2v) is 9.63. The van der Waals surface area contributed by atoms with Crippen LogP contribution in [0.2, 0.25) is 0 Å². The molecule has 2 atom stereocenters. The first-order chi connectivity index (χ1) is 18.4. The lowest BCUT2D eigenvalue weighted by Crippen LogP contribution is -2.48. The number of nitrogens with two attached hydrogens (primary N) is 2. The van der Waals surface area contributed by atoms with Gasteiger partial charge in [-0.2, -0.15) is 0 Å². The van der Waals surface area contributed by atoms with Crippen molar-refractivity contribution in [1.29, 1.82) is 0 Å². The van der Waals surface area contributed by atoms with Crippen LogP contribution in [0.15, 0.2) is 0 Å². The molecule has 226 valence electrons. The number of carbonyl (C=O) groups excluding carboxylic acids is 5. The van der Waals surface area contributed by atoms with Gasteiger partial charge in [-0.15, -0.1) is 0 Å². The minimum atomic E-state index is -1.09. The van der Waals surface area contributed by atoms with Crippen molar-refractivity contribution in [2.45, 2.75) is 103 Å². The molecule has 0 spiro atoms. The summed E-state index contributed by atoms with van der Waals surface area (Å²) < 4.78 is 0. The molecule has 0 aromatic carbocycles. The third kappa shape index (κ3) is 16.7. The number of amides is 5. The van der Waals surface area contributed by atoms with Crippen molar-refractivity contribution >= 4 is 29.5 Å². The molecule has 0 aliphatic carbocycles. The SMILES string of the molecule is CCCCCC(CC(N)=O)C(=O)N(O)CCCCC(NC(=O)CCC(=O)N(O)CCCCCN)N(O)C(C)=O. The maximum Gasteiger partial charge on any atom is 0.249 e. The molecule has 39 heavy (non-hydrogen) atoms. The lowest BCUT2D eigenvalue weighted by atomic mass is 9.96. The lowest BCUT2D eigenvalue weighted by molar-refractivity contribution is -0.178. The Morgan fingerprint density at radius 1 is 0.821 bits per heavy atom. The highest BCUT2D eigenvalue weighted by atomic mass is 16.5. The second kappa shape index (κ2) is 21.1. The Hall–Kier alpha value is -2.81. The van der Waals surface area contributed by atoms with Crippen LogP contribution in [0.1, 0.15) is 97.3 Å². The van der Waals surface area contributed by atoms with Crippen LogP contribution in [0.4, 0.5) is 0 Å². The van der Waals surface area contributed by atoms with E-state index < -0.39 is 41.6 Å². The average molecular weight is 561 g/mol.